The van der Waals surface area contributed by atoms with Gasteiger partial charge in [0.05, 0.1) is 18.8 Å². The molecule has 0 aliphatic carbocycles. The molecule has 1 fully saturated rings. The molecular weight excluding hydrogens is 284 g/mol. The van der Waals surface area contributed by atoms with E-state index in [4.69, 9.17) is 39.0 Å². The highest BCUT2D eigenvalue weighted by molar-refractivity contribution is 7.80. The van der Waals surface area contributed by atoms with Gasteiger partial charge >= 0.3 is 0 Å². The molecule has 1 heterocycles. The van der Waals surface area contributed by atoms with Gasteiger partial charge in [0.1, 0.15) is 17.3 Å². The van der Waals surface area contributed by atoms with Gasteiger partial charge in [-0.2, -0.15) is 0 Å². The molecule has 0 radical (unpaired) electrons. The first kappa shape index (κ1) is 14.5. The third kappa shape index (κ3) is 4.31. The molecule has 0 unspecified atom stereocenters. The molecule has 0 amide bonds. The van der Waals surface area contributed by atoms with E-state index in [1.54, 1.807) is 18.2 Å². The van der Waals surface area contributed by atoms with Crippen LogP contribution in [0.3, 0.4) is 0 Å². The summed E-state index contributed by atoms with van der Waals surface area (Å²) in [5.41, 5.74) is 6.35. The van der Waals surface area contributed by atoms with Crippen LogP contribution in [-0.4, -0.2) is 49.3 Å². The molecule has 1 saturated heterocycles. The molecule has 0 aromatic heterocycles. The molecule has 4 nitrogen and oxygen atoms in total. The van der Waals surface area contributed by atoms with Crippen LogP contribution >= 0.6 is 23.8 Å². The van der Waals surface area contributed by atoms with E-state index in [-0.39, 0.29) is 0 Å². The average Bonchev–Trinajstić information content (AvgIpc) is 2.41. The largest absolute Gasteiger partial charge is 0.492 e. The molecule has 0 atom stereocenters. The van der Waals surface area contributed by atoms with Crippen LogP contribution in [-0.2, 0) is 4.74 Å². The van der Waals surface area contributed by atoms with Crippen molar-refractivity contribution >= 4 is 28.8 Å². The second-order valence-electron chi connectivity index (χ2n) is 4.31. The smallest absolute Gasteiger partial charge is 0.129 e. The number of nitrogens with zero attached hydrogens (tertiary/aromatic N) is 1. The van der Waals surface area contributed by atoms with Crippen molar-refractivity contribution in [2.24, 2.45) is 5.73 Å². The summed E-state index contributed by atoms with van der Waals surface area (Å²) in [4.78, 5) is 2.60. The highest BCUT2D eigenvalue weighted by atomic mass is 35.5. The Bertz CT molecular complexity index is 450. The number of hydrogen-bond donors (Lipinski definition) is 1. The Kier molecular flexibility index (Phi) is 5.39. The van der Waals surface area contributed by atoms with Crippen molar-refractivity contribution in [1.82, 2.24) is 4.90 Å². The van der Waals surface area contributed by atoms with E-state index in [2.05, 4.69) is 4.90 Å². The summed E-state index contributed by atoms with van der Waals surface area (Å²) in [5.74, 6) is 0.685. The zero-order valence-corrected chi connectivity index (χ0v) is 12.2. The first-order valence-corrected chi connectivity index (χ1v) is 6.97. The van der Waals surface area contributed by atoms with Crippen LogP contribution in [0.15, 0.2) is 18.2 Å². The van der Waals surface area contributed by atoms with Crippen LogP contribution in [0.25, 0.3) is 0 Å². The van der Waals surface area contributed by atoms with Crippen LogP contribution in [0.2, 0.25) is 5.02 Å². The number of rotatable bonds is 5. The molecule has 0 saturated carbocycles. The molecule has 0 bridgehead atoms. The Morgan fingerprint density at radius 3 is 2.84 bits per heavy atom. The van der Waals surface area contributed by atoms with Gasteiger partial charge in [-0.25, -0.2) is 0 Å². The van der Waals surface area contributed by atoms with Gasteiger partial charge < -0.3 is 15.2 Å². The van der Waals surface area contributed by atoms with Crippen molar-refractivity contribution in [2.75, 3.05) is 39.5 Å². The maximum Gasteiger partial charge on any atom is 0.129 e. The van der Waals surface area contributed by atoms with Crippen molar-refractivity contribution in [3.63, 3.8) is 0 Å². The van der Waals surface area contributed by atoms with E-state index in [9.17, 15) is 0 Å². The number of morpholine rings is 1. The molecule has 19 heavy (non-hydrogen) atoms. The molecule has 6 heteroatoms. The van der Waals surface area contributed by atoms with Crippen molar-refractivity contribution in [3.8, 4) is 5.75 Å². The second-order valence-corrected chi connectivity index (χ2v) is 5.18. The highest BCUT2D eigenvalue weighted by Gasteiger charge is 2.11. The average molecular weight is 301 g/mol. The van der Waals surface area contributed by atoms with Gasteiger partial charge in [0.2, 0.25) is 0 Å². The predicted molar refractivity (Wildman–Crippen MR) is 80.1 cm³/mol. The van der Waals surface area contributed by atoms with Crippen LogP contribution in [0.5, 0.6) is 5.75 Å². The number of thiocarbonyl (C=S) groups is 1. The monoisotopic (exact) mass is 300 g/mol. The van der Waals surface area contributed by atoms with Gasteiger partial charge in [0.15, 0.2) is 0 Å². The molecule has 0 spiro atoms. The van der Waals surface area contributed by atoms with Gasteiger partial charge in [-0.1, -0.05) is 23.8 Å². The van der Waals surface area contributed by atoms with Crippen molar-refractivity contribution in [1.29, 1.82) is 0 Å². The van der Waals surface area contributed by atoms with E-state index in [1.807, 2.05) is 0 Å². The summed E-state index contributed by atoms with van der Waals surface area (Å²) in [7, 11) is 0. The predicted octanol–water partition coefficient (Wildman–Crippen LogP) is 1.69. The van der Waals surface area contributed by atoms with Crippen molar-refractivity contribution in [3.05, 3.63) is 28.8 Å². The summed E-state index contributed by atoms with van der Waals surface area (Å²) >= 11 is 10.9. The maximum atomic E-state index is 5.92. The standard InChI is InChI=1S/C13H17ClN2O2S/c14-10-1-2-12(11(9-10)13(15)19)18-8-5-16-3-6-17-7-4-16/h1-2,9H,3-8H2,(H2,15,19). The topological polar surface area (TPSA) is 47.7 Å². The highest BCUT2D eigenvalue weighted by Crippen LogP contribution is 2.22. The van der Waals surface area contributed by atoms with E-state index in [0.717, 1.165) is 32.8 Å². The van der Waals surface area contributed by atoms with Gasteiger partial charge in [-0.05, 0) is 18.2 Å². The SMILES string of the molecule is NC(=S)c1cc(Cl)ccc1OCCN1CCOCC1. The lowest BCUT2D eigenvalue weighted by Crippen LogP contribution is -2.38. The van der Waals surface area contributed by atoms with Crippen LogP contribution in [0.4, 0.5) is 0 Å². The summed E-state index contributed by atoms with van der Waals surface area (Å²) in [5, 5.41) is 0.600. The molecule has 2 N–H and O–H groups in total. The molecule has 1 aliphatic heterocycles. The summed E-state index contributed by atoms with van der Waals surface area (Å²) in [6, 6.07) is 5.30. The minimum absolute atomic E-state index is 0.295. The number of hydrogen-bond acceptors (Lipinski definition) is 4. The van der Waals surface area contributed by atoms with Gasteiger partial charge in [0, 0.05) is 24.7 Å². The third-order valence-corrected chi connectivity index (χ3v) is 3.43. The molecule has 1 aromatic carbocycles. The first-order chi connectivity index (χ1) is 9.16. The lowest BCUT2D eigenvalue weighted by atomic mass is 10.2. The van der Waals surface area contributed by atoms with E-state index < -0.39 is 0 Å². The van der Waals surface area contributed by atoms with E-state index >= 15 is 0 Å². The zero-order valence-electron chi connectivity index (χ0n) is 10.6. The number of nitrogens with two attached hydrogens (primary N) is 1. The van der Waals surface area contributed by atoms with Crippen molar-refractivity contribution in [2.45, 2.75) is 0 Å². The summed E-state index contributed by atoms with van der Waals surface area (Å²) < 4.78 is 11.0. The van der Waals surface area contributed by atoms with Crippen LogP contribution in [0, 0.1) is 0 Å². The quantitative estimate of drug-likeness (QED) is 0.839. The lowest BCUT2D eigenvalue weighted by molar-refractivity contribution is 0.0322. The first-order valence-electron chi connectivity index (χ1n) is 6.19. The van der Waals surface area contributed by atoms with Crippen molar-refractivity contribution < 1.29 is 9.47 Å². The van der Waals surface area contributed by atoms with E-state index in [0.29, 0.717) is 27.9 Å². The Morgan fingerprint density at radius 1 is 1.42 bits per heavy atom. The fourth-order valence-corrected chi connectivity index (χ4v) is 2.26. The van der Waals surface area contributed by atoms with Gasteiger partial charge in [-0.15, -0.1) is 0 Å². The lowest BCUT2D eigenvalue weighted by Gasteiger charge is -2.26. The van der Waals surface area contributed by atoms with Crippen LogP contribution < -0.4 is 10.5 Å². The molecule has 104 valence electrons. The number of halogens is 1. The van der Waals surface area contributed by atoms with Crippen LogP contribution in [0.1, 0.15) is 5.56 Å². The molecule has 1 aliphatic rings. The Labute approximate surface area is 123 Å². The minimum atomic E-state index is 0.295. The zero-order chi connectivity index (χ0) is 13.7. The molecular formula is C13H17ClN2O2S. The maximum absolute atomic E-state index is 5.92. The number of benzene rings is 1. The fourth-order valence-electron chi connectivity index (χ4n) is 1.93. The second kappa shape index (κ2) is 7.05. The summed E-state index contributed by atoms with van der Waals surface area (Å²) in [6.07, 6.45) is 0. The third-order valence-electron chi connectivity index (χ3n) is 2.98. The van der Waals surface area contributed by atoms with Gasteiger partial charge in [0.25, 0.3) is 0 Å². The minimum Gasteiger partial charge on any atom is -0.492 e. The molecule has 2 rings (SSSR count). The number of ether oxygens (including phenoxy) is 2. The summed E-state index contributed by atoms with van der Waals surface area (Å²) in [6.45, 7) is 4.94. The van der Waals surface area contributed by atoms with Gasteiger partial charge in [-0.3, -0.25) is 4.90 Å². The normalized spacial score (nSPS) is 16.3. The molecule has 1 aromatic rings. The Morgan fingerprint density at radius 2 is 2.16 bits per heavy atom. The Hall–Kier alpha value is -0.880. The Balaban J connectivity index is 1.89. The fraction of sp³-hybridized carbons (Fsp3) is 0.462. The van der Waals surface area contributed by atoms with E-state index in [1.165, 1.54) is 0 Å².